The number of amides is 2. The van der Waals surface area contributed by atoms with Gasteiger partial charge in [0.25, 0.3) is 0 Å². The smallest absolute Gasteiger partial charge is 0.416 e. The molecule has 0 aliphatic heterocycles. The van der Waals surface area contributed by atoms with Crippen molar-refractivity contribution >= 4 is 23.6 Å². The number of benzene rings is 3. The fourth-order valence-electron chi connectivity index (χ4n) is 5.49. The average molecular weight is 601 g/mol. The van der Waals surface area contributed by atoms with E-state index in [1.807, 2.05) is 60.7 Å². The molecule has 1 unspecified atom stereocenters. The number of ether oxygens (including phenoxy) is 4. The molecule has 3 aromatic carbocycles. The van der Waals surface area contributed by atoms with Gasteiger partial charge in [0.1, 0.15) is 11.5 Å². The number of hydrogen-bond donors (Lipinski definition) is 0. The molecule has 44 heavy (non-hydrogen) atoms. The molecule has 0 saturated heterocycles. The van der Waals surface area contributed by atoms with Gasteiger partial charge in [-0.3, -0.25) is 0 Å². The molecule has 0 aromatic heterocycles. The first kappa shape index (κ1) is 32.5. The van der Waals surface area contributed by atoms with Crippen LogP contribution in [-0.4, -0.2) is 39.9 Å². The highest BCUT2D eigenvalue weighted by molar-refractivity contribution is 5.87. The lowest BCUT2D eigenvalue weighted by atomic mass is 9.84. The van der Waals surface area contributed by atoms with Crippen molar-refractivity contribution in [1.29, 1.82) is 0 Å². The second-order valence-electron chi connectivity index (χ2n) is 11.0. The molecule has 8 nitrogen and oxygen atoms in total. The average Bonchev–Trinajstić information content (AvgIpc) is 3.05. The predicted octanol–water partition coefficient (Wildman–Crippen LogP) is 8.85. The molecule has 0 bridgehead atoms. The highest BCUT2D eigenvalue weighted by atomic mass is 16.6. The quantitative estimate of drug-likeness (QED) is 0.111. The van der Waals surface area contributed by atoms with Gasteiger partial charge in [-0.1, -0.05) is 67.8 Å². The van der Waals surface area contributed by atoms with Crippen LogP contribution in [0.4, 0.5) is 21.0 Å². The Morgan fingerprint density at radius 3 is 1.77 bits per heavy atom. The molecule has 0 heterocycles. The summed E-state index contributed by atoms with van der Waals surface area (Å²) in [4.78, 5) is 28.6. The maximum atomic E-state index is 12.8. The molecular weight excluding hydrogens is 556 g/mol. The van der Waals surface area contributed by atoms with Crippen molar-refractivity contribution in [2.75, 3.05) is 37.5 Å². The molecule has 0 fully saturated rings. The minimum Gasteiger partial charge on any atom is -0.472 e. The lowest BCUT2D eigenvalue weighted by molar-refractivity contribution is 0.170. The van der Waals surface area contributed by atoms with E-state index in [0.717, 1.165) is 56.1 Å². The molecular formula is C36H44N2O6. The maximum Gasteiger partial charge on any atom is 0.416 e. The lowest BCUT2D eigenvalue weighted by Crippen LogP contribution is -2.35. The van der Waals surface area contributed by atoms with Gasteiger partial charge in [-0.05, 0) is 81.0 Å². The van der Waals surface area contributed by atoms with E-state index >= 15 is 0 Å². The summed E-state index contributed by atoms with van der Waals surface area (Å²) in [6.45, 7) is 4.24. The van der Waals surface area contributed by atoms with Crippen molar-refractivity contribution in [3.05, 3.63) is 95.6 Å². The number of carbonyl (C=O) groups is 2. The molecule has 1 atom stereocenters. The van der Waals surface area contributed by atoms with Gasteiger partial charge >= 0.3 is 12.2 Å². The first-order valence-corrected chi connectivity index (χ1v) is 15.4. The van der Waals surface area contributed by atoms with Gasteiger partial charge < -0.3 is 18.9 Å². The zero-order chi connectivity index (χ0) is 31.3. The molecule has 8 heteroatoms. The fourth-order valence-corrected chi connectivity index (χ4v) is 5.49. The van der Waals surface area contributed by atoms with E-state index < -0.39 is 12.2 Å². The molecule has 0 saturated carbocycles. The molecule has 234 valence electrons. The number of aryl methyl sites for hydroxylation is 1. The van der Waals surface area contributed by atoms with Crippen LogP contribution >= 0.6 is 0 Å². The molecule has 4 rings (SSSR count). The predicted molar refractivity (Wildman–Crippen MR) is 174 cm³/mol. The van der Waals surface area contributed by atoms with Gasteiger partial charge in [-0.2, -0.15) is 0 Å². The minimum atomic E-state index is -0.515. The number of carbonyl (C=O) groups excluding carboxylic acids is 2. The van der Waals surface area contributed by atoms with Gasteiger partial charge in [0, 0.05) is 11.5 Å². The molecule has 0 radical (unpaired) electrons. The Morgan fingerprint density at radius 1 is 0.795 bits per heavy atom. The van der Waals surface area contributed by atoms with E-state index in [1.165, 1.54) is 29.6 Å². The van der Waals surface area contributed by atoms with Crippen LogP contribution in [0.25, 0.3) is 0 Å². The van der Waals surface area contributed by atoms with Crippen LogP contribution in [0.3, 0.4) is 0 Å². The standard InChI is InChI=1S/C36H44N2O6/c1-5-6-9-16-28-23-32(43-25-37(35(39)41-3)30-18-10-7-11-19-30)34(29-17-14-15-27(2)22-29)33(24-28)44-26-38(36(40)42-4)31-20-12-8-13-21-31/h7-8,10-13,18-24,29H,5-6,9,14-17,25-26H2,1-4H3. The molecule has 1 aliphatic carbocycles. The number of para-hydroxylation sites is 2. The Balaban J connectivity index is 1.75. The summed E-state index contributed by atoms with van der Waals surface area (Å²) >= 11 is 0. The Labute approximate surface area is 261 Å². The Bertz CT molecular complexity index is 1310. The Hall–Kier alpha value is -4.46. The van der Waals surface area contributed by atoms with Crippen LogP contribution in [0.1, 0.15) is 69.4 Å². The Kier molecular flexibility index (Phi) is 12.1. The summed E-state index contributed by atoms with van der Waals surface area (Å²) in [6, 6.07) is 22.8. The molecule has 3 aromatic rings. The van der Waals surface area contributed by atoms with Crippen LogP contribution in [0.2, 0.25) is 0 Å². The first-order valence-electron chi connectivity index (χ1n) is 15.4. The third-order valence-corrected chi connectivity index (χ3v) is 7.80. The third-order valence-electron chi connectivity index (χ3n) is 7.80. The van der Waals surface area contributed by atoms with Crippen LogP contribution in [-0.2, 0) is 15.9 Å². The molecule has 0 spiro atoms. The fraction of sp³-hybridized carbons (Fsp3) is 0.389. The topological polar surface area (TPSA) is 77.5 Å². The van der Waals surface area contributed by atoms with Crippen LogP contribution in [0, 0.1) is 0 Å². The van der Waals surface area contributed by atoms with Gasteiger partial charge in [-0.25, -0.2) is 19.4 Å². The summed E-state index contributed by atoms with van der Waals surface area (Å²) in [5, 5.41) is 0. The number of nitrogens with zero attached hydrogens (tertiary/aromatic N) is 2. The zero-order valence-corrected chi connectivity index (χ0v) is 26.3. The van der Waals surface area contributed by atoms with Gasteiger partial charge in [0.05, 0.1) is 25.6 Å². The lowest BCUT2D eigenvalue weighted by Gasteiger charge is -2.28. The molecule has 1 aliphatic rings. The normalized spacial score (nSPS) is 14.3. The number of methoxy groups -OCH3 is 2. The second-order valence-corrected chi connectivity index (χ2v) is 11.0. The molecule has 0 N–H and O–H groups in total. The zero-order valence-electron chi connectivity index (χ0n) is 26.3. The number of allylic oxidation sites excluding steroid dienone is 2. The number of anilines is 2. The summed E-state index contributed by atoms with van der Waals surface area (Å²) < 4.78 is 23.2. The van der Waals surface area contributed by atoms with E-state index in [4.69, 9.17) is 18.9 Å². The van der Waals surface area contributed by atoms with E-state index in [-0.39, 0.29) is 19.4 Å². The van der Waals surface area contributed by atoms with Crippen LogP contribution in [0.5, 0.6) is 11.5 Å². The van der Waals surface area contributed by atoms with Crippen molar-refractivity contribution in [2.24, 2.45) is 0 Å². The third kappa shape index (κ3) is 8.56. The maximum absolute atomic E-state index is 12.8. The highest BCUT2D eigenvalue weighted by Crippen LogP contribution is 2.43. The number of rotatable bonds is 13. The SMILES string of the molecule is CCCCCc1cc(OCN(C(=O)OC)c2ccccc2)c(C2C=C(C)CCC2)c(OCN(C(=O)OC)c2ccccc2)c1. The van der Waals surface area contributed by atoms with Crippen molar-refractivity contribution < 1.29 is 28.5 Å². The molecule has 2 amide bonds. The van der Waals surface area contributed by atoms with E-state index in [2.05, 4.69) is 32.1 Å². The number of hydrogen-bond acceptors (Lipinski definition) is 6. The van der Waals surface area contributed by atoms with E-state index in [9.17, 15) is 9.59 Å². The van der Waals surface area contributed by atoms with E-state index in [1.54, 1.807) is 0 Å². The number of unbranched alkanes of at least 4 members (excludes halogenated alkanes) is 2. The van der Waals surface area contributed by atoms with Crippen LogP contribution in [0.15, 0.2) is 84.4 Å². The second kappa shape index (κ2) is 16.4. The van der Waals surface area contributed by atoms with Gasteiger partial charge in [-0.15, -0.1) is 0 Å². The van der Waals surface area contributed by atoms with Crippen LogP contribution < -0.4 is 19.3 Å². The summed E-state index contributed by atoms with van der Waals surface area (Å²) in [6.07, 6.45) is 8.34. The minimum absolute atomic E-state index is 0.0463. The van der Waals surface area contributed by atoms with Crippen molar-refractivity contribution in [1.82, 2.24) is 0 Å². The van der Waals surface area contributed by atoms with E-state index in [0.29, 0.717) is 22.9 Å². The monoisotopic (exact) mass is 600 g/mol. The van der Waals surface area contributed by atoms with Crippen molar-refractivity contribution in [3.8, 4) is 11.5 Å². The van der Waals surface area contributed by atoms with Gasteiger partial charge in [0.2, 0.25) is 0 Å². The van der Waals surface area contributed by atoms with Gasteiger partial charge in [0.15, 0.2) is 13.5 Å². The Morgan fingerprint density at radius 2 is 1.32 bits per heavy atom. The highest BCUT2D eigenvalue weighted by Gasteiger charge is 2.26. The van der Waals surface area contributed by atoms with Crippen molar-refractivity contribution in [3.63, 3.8) is 0 Å². The van der Waals surface area contributed by atoms with Crippen molar-refractivity contribution in [2.45, 2.75) is 64.7 Å². The summed E-state index contributed by atoms with van der Waals surface area (Å²) in [7, 11) is 2.72. The summed E-state index contributed by atoms with van der Waals surface area (Å²) in [5.41, 5.74) is 4.62. The first-order chi connectivity index (χ1) is 21.4. The summed E-state index contributed by atoms with van der Waals surface area (Å²) in [5.74, 6) is 1.35. The largest absolute Gasteiger partial charge is 0.472 e.